The molecule has 20 atom stereocenters. The van der Waals surface area contributed by atoms with Crippen LogP contribution in [0.2, 0.25) is 0 Å². The lowest BCUT2D eigenvalue weighted by Gasteiger charge is -2.49. The van der Waals surface area contributed by atoms with Crippen molar-refractivity contribution >= 4 is 5.97 Å². The van der Waals surface area contributed by atoms with E-state index in [1.54, 1.807) is 0 Å². The highest BCUT2D eigenvalue weighted by molar-refractivity contribution is 5.66. The smallest absolute Gasteiger partial charge is 0.303 e. The Hall–Kier alpha value is -1.33. The summed E-state index contributed by atoms with van der Waals surface area (Å²) < 4.78 is 43.5. The van der Waals surface area contributed by atoms with Gasteiger partial charge in [-0.2, -0.15) is 0 Å². The first-order chi connectivity index (χ1) is 22.7. The van der Waals surface area contributed by atoms with Crippen molar-refractivity contribution in [2.75, 3.05) is 26.4 Å². The van der Waals surface area contributed by atoms with Crippen LogP contribution in [0.5, 0.6) is 0 Å². The highest BCUT2D eigenvalue weighted by atomic mass is 16.8. The van der Waals surface area contributed by atoms with Gasteiger partial charge in [0.15, 0.2) is 31.3 Å². The predicted octanol–water partition coefficient (Wildman–Crippen LogP) is -9.18. The lowest BCUT2D eigenvalue weighted by molar-refractivity contribution is -0.387. The van der Waals surface area contributed by atoms with Crippen molar-refractivity contribution in [2.45, 2.75) is 130 Å². The minimum Gasteiger partial charge on any atom is -0.454 e. The van der Waals surface area contributed by atoms with Crippen molar-refractivity contribution in [2.24, 2.45) is 0 Å². The van der Waals surface area contributed by atoms with Crippen molar-refractivity contribution in [1.29, 1.82) is 0 Å². The SMILES string of the molecule is CC(=O)OC1[C@@H](OC2C(CO)OC(O[C@H]3C(CO)O[C@H](O)C(O)[C@@H]3O)C(O)C2O)OC(CO)[C@@H](OC2OC(CO)C(O)C(O)C2O)[C@H]1O. The van der Waals surface area contributed by atoms with Gasteiger partial charge in [-0.05, 0) is 0 Å². The molecule has 280 valence electrons. The molecule has 48 heavy (non-hydrogen) atoms. The van der Waals surface area contributed by atoms with Gasteiger partial charge in [-0.15, -0.1) is 0 Å². The summed E-state index contributed by atoms with van der Waals surface area (Å²) in [5.41, 5.74) is 0. The number of ether oxygens (including phenoxy) is 8. The Bertz CT molecular complexity index is 1020. The summed E-state index contributed by atoms with van der Waals surface area (Å²) in [5.74, 6) is -0.989. The van der Waals surface area contributed by atoms with E-state index in [9.17, 15) is 71.2 Å². The van der Waals surface area contributed by atoms with Gasteiger partial charge in [0.2, 0.25) is 0 Å². The zero-order valence-electron chi connectivity index (χ0n) is 25.4. The molecule has 0 spiro atoms. The zero-order chi connectivity index (χ0) is 35.6. The molecule has 0 aliphatic carbocycles. The molecule has 0 radical (unpaired) electrons. The molecular formula is C26H44O22. The van der Waals surface area contributed by atoms with Crippen LogP contribution >= 0.6 is 0 Å². The molecule has 4 aliphatic heterocycles. The second-order valence-electron chi connectivity index (χ2n) is 11.7. The number of hydrogen-bond donors (Lipinski definition) is 13. The molecule has 0 aromatic heterocycles. The summed E-state index contributed by atoms with van der Waals surface area (Å²) in [6.07, 6.45) is -35.6. The van der Waals surface area contributed by atoms with Gasteiger partial charge in [-0.3, -0.25) is 4.79 Å². The Morgan fingerprint density at radius 1 is 0.458 bits per heavy atom. The van der Waals surface area contributed by atoms with E-state index in [1.807, 2.05) is 0 Å². The van der Waals surface area contributed by atoms with Crippen molar-refractivity contribution in [1.82, 2.24) is 0 Å². The van der Waals surface area contributed by atoms with Gasteiger partial charge in [0.1, 0.15) is 91.6 Å². The van der Waals surface area contributed by atoms with Gasteiger partial charge in [-0.1, -0.05) is 0 Å². The number of esters is 1. The van der Waals surface area contributed by atoms with Crippen molar-refractivity contribution in [3.63, 3.8) is 0 Å². The van der Waals surface area contributed by atoms with Crippen LogP contribution in [0.1, 0.15) is 6.92 Å². The number of carbonyl (C=O) groups is 1. The molecule has 0 aromatic carbocycles. The normalized spacial score (nSPS) is 50.2. The molecule has 13 N–H and O–H groups in total. The summed E-state index contributed by atoms with van der Waals surface area (Å²) in [4.78, 5) is 12.0. The molecule has 4 fully saturated rings. The van der Waals surface area contributed by atoms with Gasteiger partial charge in [0.05, 0.1) is 26.4 Å². The topological polar surface area (TPSA) is 354 Å². The highest BCUT2D eigenvalue weighted by Crippen LogP contribution is 2.35. The van der Waals surface area contributed by atoms with E-state index in [4.69, 9.17) is 37.9 Å². The minimum absolute atomic E-state index is 0.804. The molecule has 0 aromatic rings. The molecule has 4 saturated heterocycles. The minimum atomic E-state index is -2.04. The third-order valence-electron chi connectivity index (χ3n) is 8.48. The molecule has 0 bridgehead atoms. The van der Waals surface area contributed by atoms with Gasteiger partial charge in [0, 0.05) is 6.92 Å². The van der Waals surface area contributed by atoms with E-state index in [0.717, 1.165) is 6.92 Å². The Balaban J connectivity index is 1.51. The quantitative estimate of drug-likeness (QED) is 0.0886. The van der Waals surface area contributed by atoms with Gasteiger partial charge < -0.3 is 104 Å². The average molecular weight is 709 g/mol. The largest absolute Gasteiger partial charge is 0.454 e. The van der Waals surface area contributed by atoms with Crippen LogP contribution in [-0.2, 0) is 42.7 Å². The third kappa shape index (κ3) is 8.08. The fraction of sp³-hybridized carbons (Fsp3) is 0.962. The summed E-state index contributed by atoms with van der Waals surface area (Å²) in [6.45, 7) is -2.52. The van der Waals surface area contributed by atoms with Gasteiger partial charge in [-0.25, -0.2) is 0 Å². The van der Waals surface area contributed by atoms with E-state index >= 15 is 0 Å². The summed E-state index contributed by atoms with van der Waals surface area (Å²) in [6, 6.07) is 0. The maximum Gasteiger partial charge on any atom is 0.303 e. The average Bonchev–Trinajstić information content (AvgIpc) is 3.06. The molecule has 22 heteroatoms. The Morgan fingerprint density at radius 2 is 0.854 bits per heavy atom. The maximum atomic E-state index is 12.0. The summed E-state index contributed by atoms with van der Waals surface area (Å²) in [7, 11) is 0. The van der Waals surface area contributed by atoms with Gasteiger partial charge >= 0.3 is 5.97 Å². The Morgan fingerprint density at radius 3 is 1.35 bits per heavy atom. The molecule has 4 heterocycles. The van der Waals surface area contributed by atoms with Crippen LogP contribution in [0.15, 0.2) is 0 Å². The fourth-order valence-corrected chi connectivity index (χ4v) is 5.85. The maximum absolute atomic E-state index is 12.0. The molecule has 0 amide bonds. The number of rotatable bonds is 11. The van der Waals surface area contributed by atoms with Crippen molar-refractivity contribution in [3.05, 3.63) is 0 Å². The molecular weight excluding hydrogens is 664 g/mol. The summed E-state index contributed by atoms with van der Waals surface area (Å²) in [5, 5.41) is 133. The first-order valence-corrected chi connectivity index (χ1v) is 15.0. The monoisotopic (exact) mass is 708 g/mol. The Kier molecular flexibility index (Phi) is 13.8. The molecule has 4 rings (SSSR count). The third-order valence-corrected chi connectivity index (χ3v) is 8.48. The lowest BCUT2D eigenvalue weighted by atomic mass is 9.95. The zero-order valence-corrected chi connectivity index (χ0v) is 25.4. The number of aliphatic hydroxyl groups is 13. The molecule has 14 unspecified atom stereocenters. The van der Waals surface area contributed by atoms with Crippen LogP contribution in [0.4, 0.5) is 0 Å². The van der Waals surface area contributed by atoms with Gasteiger partial charge in [0.25, 0.3) is 0 Å². The van der Waals surface area contributed by atoms with Crippen LogP contribution in [-0.4, -0.2) is 222 Å². The highest BCUT2D eigenvalue weighted by Gasteiger charge is 2.56. The second-order valence-corrected chi connectivity index (χ2v) is 11.7. The van der Waals surface area contributed by atoms with Crippen LogP contribution in [0.3, 0.4) is 0 Å². The van der Waals surface area contributed by atoms with E-state index in [0.29, 0.717) is 0 Å². The molecule has 22 nitrogen and oxygen atoms in total. The first kappa shape index (κ1) is 39.5. The van der Waals surface area contributed by atoms with Crippen molar-refractivity contribution in [3.8, 4) is 0 Å². The van der Waals surface area contributed by atoms with E-state index in [1.165, 1.54) is 0 Å². The number of carbonyl (C=O) groups excluding carboxylic acids is 1. The second kappa shape index (κ2) is 16.8. The van der Waals surface area contributed by atoms with E-state index in [2.05, 4.69) is 0 Å². The lowest BCUT2D eigenvalue weighted by Crippen LogP contribution is -2.68. The Labute approximate surface area is 271 Å². The van der Waals surface area contributed by atoms with E-state index < -0.39 is 155 Å². The molecule has 0 saturated carbocycles. The first-order valence-electron chi connectivity index (χ1n) is 15.0. The van der Waals surface area contributed by atoms with Crippen molar-refractivity contribution < 1.29 is 109 Å². The van der Waals surface area contributed by atoms with E-state index in [-0.39, 0.29) is 0 Å². The predicted molar refractivity (Wildman–Crippen MR) is 143 cm³/mol. The van der Waals surface area contributed by atoms with Crippen LogP contribution in [0, 0.1) is 0 Å². The number of aliphatic hydroxyl groups excluding tert-OH is 13. The standard InChI is InChI=1S/C26H44O22/c1-6(31)41-22-18(39)21(47-24-16(37)12(33)11(32)7(2-27)43-24)10(5-30)45-26(22)48-20-9(4-29)44-25(17(38)14(20)35)46-19-8(3-28)42-23(40)15(36)13(19)34/h7-30,32-40H,2-5H2,1H3/t7?,8?,9?,10?,11?,12?,13-,14?,15?,16?,17?,18+,19-,20?,21+,22?,23-,24?,25?,26+/m0/s1. The van der Waals surface area contributed by atoms with Crippen LogP contribution < -0.4 is 0 Å². The molecule has 4 aliphatic rings. The number of hydrogen-bond acceptors (Lipinski definition) is 22. The fourth-order valence-electron chi connectivity index (χ4n) is 5.85. The summed E-state index contributed by atoms with van der Waals surface area (Å²) >= 11 is 0. The van der Waals surface area contributed by atoms with Crippen LogP contribution in [0.25, 0.3) is 0 Å².